The quantitative estimate of drug-likeness (QED) is 0.477. The van der Waals surface area contributed by atoms with Crippen LogP contribution in [0.1, 0.15) is 44.0 Å². The van der Waals surface area contributed by atoms with Gasteiger partial charge in [-0.15, -0.1) is 10.2 Å². The van der Waals surface area contributed by atoms with E-state index in [1.807, 2.05) is 47.0 Å². The van der Waals surface area contributed by atoms with Crippen LogP contribution in [0.25, 0.3) is 5.65 Å². The molecule has 1 aromatic carbocycles. The van der Waals surface area contributed by atoms with E-state index >= 15 is 0 Å². The van der Waals surface area contributed by atoms with Crippen LogP contribution in [0.4, 0.5) is 0 Å². The smallest absolute Gasteiger partial charge is 0.191 e. The van der Waals surface area contributed by atoms with Crippen molar-refractivity contribution in [3.05, 3.63) is 60.0 Å². The van der Waals surface area contributed by atoms with Crippen LogP contribution < -0.4 is 15.4 Å². The molecule has 152 valence electrons. The van der Waals surface area contributed by atoms with Gasteiger partial charge in [0, 0.05) is 18.3 Å². The Hall–Kier alpha value is -3.09. The molecule has 2 heterocycles. The molecule has 2 aromatic heterocycles. The maximum Gasteiger partial charge on any atom is 0.191 e. The maximum absolute atomic E-state index is 6.23. The minimum Gasteiger partial charge on any atom is -0.490 e. The van der Waals surface area contributed by atoms with Crippen LogP contribution in [0.15, 0.2) is 53.7 Å². The summed E-state index contributed by atoms with van der Waals surface area (Å²) in [5.41, 5.74) is 1.94. The third-order valence-electron chi connectivity index (χ3n) is 5.12. The number of fused-ring (bicyclic) bond motifs is 1. The van der Waals surface area contributed by atoms with E-state index < -0.39 is 0 Å². The summed E-state index contributed by atoms with van der Waals surface area (Å²) in [6.07, 6.45) is 7.12. The molecule has 0 saturated heterocycles. The zero-order valence-corrected chi connectivity index (χ0v) is 16.8. The van der Waals surface area contributed by atoms with Crippen molar-refractivity contribution in [2.45, 2.75) is 51.8 Å². The molecular formula is C22H28N6O. The first-order chi connectivity index (χ1) is 14.3. The highest BCUT2D eigenvalue weighted by Gasteiger charge is 2.17. The van der Waals surface area contributed by atoms with Gasteiger partial charge in [-0.2, -0.15) is 0 Å². The highest BCUT2D eigenvalue weighted by Crippen LogP contribution is 2.27. The van der Waals surface area contributed by atoms with Gasteiger partial charge in [-0.3, -0.25) is 4.40 Å². The predicted molar refractivity (Wildman–Crippen MR) is 114 cm³/mol. The number of nitrogens with one attached hydrogen (secondary N) is 2. The predicted octanol–water partition coefficient (Wildman–Crippen LogP) is 3.31. The van der Waals surface area contributed by atoms with Gasteiger partial charge in [-0.25, -0.2) is 4.99 Å². The lowest BCUT2D eigenvalue weighted by Gasteiger charge is -2.16. The molecule has 0 atom stereocenters. The second kappa shape index (κ2) is 9.41. The largest absolute Gasteiger partial charge is 0.490 e. The van der Waals surface area contributed by atoms with Crippen molar-refractivity contribution in [2.75, 3.05) is 6.54 Å². The Kier molecular flexibility index (Phi) is 6.24. The van der Waals surface area contributed by atoms with E-state index in [0.717, 1.165) is 48.1 Å². The summed E-state index contributed by atoms with van der Waals surface area (Å²) in [6, 6.07) is 14.1. The van der Waals surface area contributed by atoms with Crippen LogP contribution in [-0.2, 0) is 13.1 Å². The number of rotatable bonds is 7. The van der Waals surface area contributed by atoms with Gasteiger partial charge in [0.1, 0.15) is 5.75 Å². The molecule has 1 fully saturated rings. The molecule has 29 heavy (non-hydrogen) atoms. The monoisotopic (exact) mass is 392 g/mol. The van der Waals surface area contributed by atoms with Gasteiger partial charge in [0.05, 0.1) is 19.2 Å². The van der Waals surface area contributed by atoms with E-state index in [1.165, 1.54) is 12.8 Å². The molecule has 0 unspecified atom stereocenters. The van der Waals surface area contributed by atoms with Gasteiger partial charge in [0.25, 0.3) is 0 Å². The number of aliphatic imine (C=N–C) groups is 1. The van der Waals surface area contributed by atoms with E-state index in [-0.39, 0.29) is 0 Å². The Morgan fingerprint density at radius 1 is 1.10 bits per heavy atom. The minimum atomic E-state index is 0.340. The Balaban J connectivity index is 1.43. The van der Waals surface area contributed by atoms with E-state index in [4.69, 9.17) is 9.73 Å². The molecule has 1 saturated carbocycles. The molecule has 0 amide bonds. The molecule has 0 bridgehead atoms. The SMILES string of the molecule is CCNC(=NCc1ccccc1OC1CCCC1)NCc1nnc2ccccn12. The Morgan fingerprint density at radius 2 is 1.93 bits per heavy atom. The number of benzene rings is 1. The molecule has 0 aliphatic heterocycles. The molecule has 3 aromatic rings. The normalized spacial score (nSPS) is 15.0. The molecule has 1 aliphatic rings. The van der Waals surface area contributed by atoms with Crippen molar-refractivity contribution in [3.63, 3.8) is 0 Å². The average molecular weight is 393 g/mol. The van der Waals surface area contributed by atoms with E-state index in [0.29, 0.717) is 19.2 Å². The zero-order valence-electron chi connectivity index (χ0n) is 16.8. The third kappa shape index (κ3) is 4.85. The fraction of sp³-hybridized carbons (Fsp3) is 0.409. The molecule has 0 radical (unpaired) electrons. The molecule has 0 spiro atoms. The lowest BCUT2D eigenvalue weighted by atomic mass is 10.2. The fourth-order valence-electron chi connectivity index (χ4n) is 3.62. The first kappa shape index (κ1) is 19.2. The molecule has 7 nitrogen and oxygen atoms in total. The number of para-hydroxylation sites is 1. The first-order valence-electron chi connectivity index (χ1n) is 10.4. The van der Waals surface area contributed by atoms with Gasteiger partial charge in [0.15, 0.2) is 17.4 Å². The van der Waals surface area contributed by atoms with Gasteiger partial charge in [-0.1, -0.05) is 24.3 Å². The van der Waals surface area contributed by atoms with Gasteiger partial charge >= 0.3 is 0 Å². The topological polar surface area (TPSA) is 75.8 Å². The minimum absolute atomic E-state index is 0.340. The average Bonchev–Trinajstić information content (AvgIpc) is 3.41. The van der Waals surface area contributed by atoms with Crippen LogP contribution >= 0.6 is 0 Å². The third-order valence-corrected chi connectivity index (χ3v) is 5.12. The van der Waals surface area contributed by atoms with E-state index in [2.05, 4.69) is 33.8 Å². The highest BCUT2D eigenvalue weighted by atomic mass is 16.5. The number of aromatic nitrogens is 3. The Bertz CT molecular complexity index is 961. The van der Waals surface area contributed by atoms with E-state index in [1.54, 1.807) is 0 Å². The molecule has 1 aliphatic carbocycles. The van der Waals surface area contributed by atoms with Crippen molar-refractivity contribution in [2.24, 2.45) is 4.99 Å². The van der Waals surface area contributed by atoms with Crippen molar-refractivity contribution < 1.29 is 4.74 Å². The number of guanidine groups is 1. The molecule has 2 N–H and O–H groups in total. The van der Waals surface area contributed by atoms with Crippen molar-refractivity contribution >= 4 is 11.6 Å². The fourth-order valence-corrected chi connectivity index (χ4v) is 3.62. The van der Waals surface area contributed by atoms with Gasteiger partial charge in [-0.05, 0) is 50.8 Å². The summed E-state index contributed by atoms with van der Waals surface area (Å²) in [7, 11) is 0. The second-order valence-corrected chi connectivity index (χ2v) is 7.23. The lowest BCUT2D eigenvalue weighted by molar-refractivity contribution is 0.208. The van der Waals surface area contributed by atoms with Gasteiger partial charge in [0.2, 0.25) is 0 Å². The lowest BCUT2D eigenvalue weighted by Crippen LogP contribution is -2.37. The number of ether oxygens (including phenoxy) is 1. The number of hydrogen-bond acceptors (Lipinski definition) is 4. The van der Waals surface area contributed by atoms with Gasteiger partial charge < -0.3 is 15.4 Å². The van der Waals surface area contributed by atoms with Crippen LogP contribution in [0.2, 0.25) is 0 Å². The number of hydrogen-bond donors (Lipinski definition) is 2. The summed E-state index contributed by atoms with van der Waals surface area (Å²) < 4.78 is 8.21. The zero-order chi connectivity index (χ0) is 19.9. The molecule has 4 rings (SSSR count). The number of nitrogens with zero attached hydrogens (tertiary/aromatic N) is 4. The summed E-state index contributed by atoms with van der Waals surface area (Å²) in [5, 5.41) is 15.1. The van der Waals surface area contributed by atoms with Crippen LogP contribution in [0.3, 0.4) is 0 Å². The summed E-state index contributed by atoms with van der Waals surface area (Å²) >= 11 is 0. The van der Waals surface area contributed by atoms with Crippen molar-refractivity contribution in [1.82, 2.24) is 25.2 Å². The Labute approximate surface area is 171 Å². The molecular weight excluding hydrogens is 364 g/mol. The van der Waals surface area contributed by atoms with Crippen LogP contribution in [-0.4, -0.2) is 33.2 Å². The Morgan fingerprint density at radius 3 is 2.79 bits per heavy atom. The van der Waals surface area contributed by atoms with Crippen LogP contribution in [0, 0.1) is 0 Å². The highest BCUT2D eigenvalue weighted by molar-refractivity contribution is 5.79. The van der Waals surface area contributed by atoms with Crippen molar-refractivity contribution in [3.8, 4) is 5.75 Å². The standard InChI is InChI=1S/C22H28N6O/c1-2-23-22(25-16-21-27-26-20-13-7-8-14-28(20)21)24-15-17-9-3-6-12-19(17)29-18-10-4-5-11-18/h3,6-9,12-14,18H,2,4-5,10-11,15-16H2,1H3,(H2,23,24,25). The van der Waals surface area contributed by atoms with Crippen LogP contribution in [0.5, 0.6) is 5.75 Å². The summed E-state index contributed by atoms with van der Waals surface area (Å²) in [6.45, 7) is 3.93. The second-order valence-electron chi connectivity index (χ2n) is 7.23. The van der Waals surface area contributed by atoms with Crippen molar-refractivity contribution in [1.29, 1.82) is 0 Å². The maximum atomic E-state index is 6.23. The number of pyridine rings is 1. The first-order valence-corrected chi connectivity index (χ1v) is 10.4. The summed E-state index contributed by atoms with van der Waals surface area (Å²) in [5.74, 6) is 2.54. The summed E-state index contributed by atoms with van der Waals surface area (Å²) in [4.78, 5) is 4.76. The van der Waals surface area contributed by atoms with E-state index in [9.17, 15) is 0 Å². The molecule has 7 heteroatoms.